The van der Waals surface area contributed by atoms with Crippen LogP contribution < -0.4 is 10.1 Å². The first kappa shape index (κ1) is 22.5. The fourth-order valence-electron chi connectivity index (χ4n) is 3.09. The molecule has 0 unspecified atom stereocenters. The second-order valence-corrected chi connectivity index (χ2v) is 8.14. The average molecular weight is 487 g/mol. The molecule has 3 rings (SSSR count). The minimum absolute atomic E-state index is 0.166. The molecule has 2 aromatic carbocycles. The van der Waals surface area contributed by atoms with E-state index in [-0.39, 0.29) is 23.8 Å². The van der Waals surface area contributed by atoms with Crippen LogP contribution in [0, 0.1) is 37.8 Å². The normalized spacial score (nSPS) is 10.7. The molecule has 31 heavy (non-hydrogen) atoms. The van der Waals surface area contributed by atoms with Gasteiger partial charge in [0.15, 0.2) is 0 Å². The average Bonchev–Trinajstić information content (AvgIpc) is 2.95. The number of carbonyl (C=O) groups excluding carboxylic acids is 1. The van der Waals surface area contributed by atoms with Gasteiger partial charge in [0, 0.05) is 24.2 Å². The fraction of sp³-hybridized carbons (Fsp3) is 0.273. The fourth-order valence-corrected chi connectivity index (χ4v) is 3.37. The number of amides is 1. The summed E-state index contributed by atoms with van der Waals surface area (Å²) in [4.78, 5) is 23.3. The van der Waals surface area contributed by atoms with Crippen molar-refractivity contribution >= 4 is 33.2 Å². The highest BCUT2D eigenvalue weighted by Crippen LogP contribution is 2.32. The van der Waals surface area contributed by atoms with Gasteiger partial charge in [0.25, 0.3) is 5.69 Å². The van der Waals surface area contributed by atoms with E-state index in [2.05, 4.69) is 26.3 Å². The number of benzene rings is 2. The van der Waals surface area contributed by atoms with Crippen LogP contribution in [0.5, 0.6) is 11.5 Å². The summed E-state index contributed by atoms with van der Waals surface area (Å²) in [6, 6.07) is 9.97. The number of ether oxygens (including phenoxy) is 1. The third-order valence-corrected chi connectivity index (χ3v) is 5.95. The van der Waals surface area contributed by atoms with Gasteiger partial charge in [-0.3, -0.25) is 19.6 Å². The Balaban J connectivity index is 1.76. The summed E-state index contributed by atoms with van der Waals surface area (Å²) in [6.45, 7) is 8.03. The standard InChI is InChI=1S/C22H23BrN4O4/c1-13-5-6-14(2)20(9-13)31-19-11-17(10-18(12-19)27(29)30)24-21(28)7-8-26-16(4)22(23)15(3)25-26/h5-6,9-12H,7-8H2,1-4H3,(H,24,28). The molecule has 0 aliphatic rings. The van der Waals surface area contributed by atoms with E-state index in [1.54, 1.807) is 10.7 Å². The van der Waals surface area contributed by atoms with Crippen molar-refractivity contribution in [1.29, 1.82) is 0 Å². The minimum atomic E-state index is -0.515. The van der Waals surface area contributed by atoms with E-state index < -0.39 is 4.92 Å². The highest BCUT2D eigenvalue weighted by Gasteiger charge is 2.15. The Morgan fingerprint density at radius 3 is 2.58 bits per heavy atom. The molecular formula is C22H23BrN4O4. The predicted molar refractivity (Wildman–Crippen MR) is 122 cm³/mol. The van der Waals surface area contributed by atoms with Crippen molar-refractivity contribution in [1.82, 2.24) is 9.78 Å². The number of rotatable bonds is 7. The van der Waals surface area contributed by atoms with Gasteiger partial charge < -0.3 is 10.1 Å². The summed E-state index contributed by atoms with van der Waals surface area (Å²) in [7, 11) is 0. The molecule has 0 radical (unpaired) electrons. The first-order valence-electron chi connectivity index (χ1n) is 9.68. The maximum atomic E-state index is 12.5. The van der Waals surface area contributed by atoms with Crippen LogP contribution in [0.4, 0.5) is 11.4 Å². The minimum Gasteiger partial charge on any atom is -0.457 e. The van der Waals surface area contributed by atoms with Crippen LogP contribution in [-0.2, 0) is 11.3 Å². The summed E-state index contributed by atoms with van der Waals surface area (Å²) < 4.78 is 8.56. The van der Waals surface area contributed by atoms with Crippen LogP contribution in [0.15, 0.2) is 40.9 Å². The summed E-state index contributed by atoms with van der Waals surface area (Å²) in [5.41, 5.74) is 3.83. The zero-order valence-corrected chi connectivity index (χ0v) is 19.3. The molecule has 0 aliphatic heterocycles. The number of anilines is 1. The zero-order valence-electron chi connectivity index (χ0n) is 17.7. The summed E-state index contributed by atoms with van der Waals surface area (Å²) in [6.07, 6.45) is 0.171. The van der Waals surface area contributed by atoms with Crippen molar-refractivity contribution in [2.45, 2.75) is 40.7 Å². The number of nitrogens with one attached hydrogen (secondary N) is 1. The number of aryl methyl sites for hydroxylation is 4. The molecule has 9 heteroatoms. The lowest BCUT2D eigenvalue weighted by molar-refractivity contribution is -0.384. The van der Waals surface area contributed by atoms with Gasteiger partial charge in [-0.1, -0.05) is 12.1 Å². The third-order valence-electron chi connectivity index (χ3n) is 4.80. The lowest BCUT2D eigenvalue weighted by Gasteiger charge is -2.12. The molecule has 0 atom stereocenters. The quantitative estimate of drug-likeness (QED) is 0.345. The molecule has 1 amide bonds. The van der Waals surface area contributed by atoms with Crippen molar-refractivity contribution in [3.05, 3.63) is 73.5 Å². The number of hydrogen-bond donors (Lipinski definition) is 1. The summed E-state index contributed by atoms with van der Waals surface area (Å²) in [5.74, 6) is 0.607. The number of non-ortho nitro benzene ring substituents is 1. The van der Waals surface area contributed by atoms with Gasteiger partial charge in [0.2, 0.25) is 5.91 Å². The van der Waals surface area contributed by atoms with Gasteiger partial charge >= 0.3 is 0 Å². The van der Waals surface area contributed by atoms with Crippen LogP contribution >= 0.6 is 15.9 Å². The molecule has 0 saturated carbocycles. The lowest BCUT2D eigenvalue weighted by atomic mass is 10.1. The van der Waals surface area contributed by atoms with E-state index in [0.717, 1.165) is 27.0 Å². The maximum absolute atomic E-state index is 12.5. The molecule has 0 saturated heterocycles. The van der Waals surface area contributed by atoms with Gasteiger partial charge in [0.05, 0.1) is 33.4 Å². The molecule has 3 aromatic rings. The highest BCUT2D eigenvalue weighted by atomic mass is 79.9. The van der Waals surface area contributed by atoms with Crippen molar-refractivity contribution in [3.63, 3.8) is 0 Å². The Labute approximate surface area is 188 Å². The monoisotopic (exact) mass is 486 g/mol. The van der Waals surface area contributed by atoms with Crippen LogP contribution in [-0.4, -0.2) is 20.6 Å². The second kappa shape index (κ2) is 9.30. The SMILES string of the molecule is Cc1ccc(C)c(Oc2cc(NC(=O)CCn3nc(C)c(Br)c3C)cc([N+](=O)[O-])c2)c1. The molecule has 0 fully saturated rings. The first-order valence-corrected chi connectivity index (χ1v) is 10.5. The summed E-state index contributed by atoms with van der Waals surface area (Å²) in [5, 5.41) is 18.5. The van der Waals surface area contributed by atoms with Gasteiger partial charge in [0.1, 0.15) is 11.5 Å². The number of nitro benzene ring substituents is 1. The molecule has 8 nitrogen and oxygen atoms in total. The Kier molecular flexibility index (Phi) is 6.74. The van der Waals surface area contributed by atoms with Crippen molar-refractivity contribution in [3.8, 4) is 11.5 Å². The lowest BCUT2D eigenvalue weighted by Crippen LogP contribution is -2.15. The Bertz CT molecular complexity index is 1160. The van der Waals surface area contributed by atoms with Crippen molar-refractivity contribution < 1.29 is 14.5 Å². The predicted octanol–water partition coefficient (Wildman–Crippen LogP) is 5.61. The van der Waals surface area contributed by atoms with Gasteiger partial charge in [-0.2, -0.15) is 5.10 Å². The first-order chi connectivity index (χ1) is 14.6. The van der Waals surface area contributed by atoms with E-state index in [4.69, 9.17) is 4.74 Å². The summed E-state index contributed by atoms with van der Waals surface area (Å²) >= 11 is 3.47. The van der Waals surface area contributed by atoms with E-state index in [0.29, 0.717) is 18.0 Å². The Hall–Kier alpha value is -3.20. The number of aromatic nitrogens is 2. The third kappa shape index (κ3) is 5.49. The van der Waals surface area contributed by atoms with Gasteiger partial charge in [-0.15, -0.1) is 0 Å². The highest BCUT2D eigenvalue weighted by molar-refractivity contribution is 9.10. The molecule has 1 heterocycles. The number of hydrogen-bond acceptors (Lipinski definition) is 5. The number of nitrogens with zero attached hydrogens (tertiary/aromatic N) is 3. The Morgan fingerprint density at radius 1 is 1.19 bits per heavy atom. The largest absolute Gasteiger partial charge is 0.457 e. The zero-order chi connectivity index (χ0) is 22.7. The molecule has 0 spiro atoms. The molecule has 1 aromatic heterocycles. The van der Waals surface area contributed by atoms with Crippen LogP contribution in [0.3, 0.4) is 0 Å². The molecular weight excluding hydrogens is 464 g/mol. The van der Waals surface area contributed by atoms with E-state index >= 15 is 0 Å². The molecule has 162 valence electrons. The second-order valence-electron chi connectivity index (χ2n) is 7.35. The maximum Gasteiger partial charge on any atom is 0.275 e. The number of halogens is 1. The van der Waals surface area contributed by atoms with Gasteiger partial charge in [-0.05, 0) is 60.8 Å². The van der Waals surface area contributed by atoms with Crippen molar-refractivity contribution in [2.75, 3.05) is 5.32 Å². The molecule has 0 aliphatic carbocycles. The Morgan fingerprint density at radius 2 is 1.94 bits per heavy atom. The van der Waals surface area contributed by atoms with Crippen molar-refractivity contribution in [2.24, 2.45) is 0 Å². The topological polar surface area (TPSA) is 99.3 Å². The van der Waals surface area contributed by atoms with E-state index in [9.17, 15) is 14.9 Å². The van der Waals surface area contributed by atoms with E-state index in [1.165, 1.54) is 12.1 Å². The van der Waals surface area contributed by atoms with Crippen LogP contribution in [0.25, 0.3) is 0 Å². The van der Waals surface area contributed by atoms with Crippen LogP contribution in [0.2, 0.25) is 0 Å². The van der Waals surface area contributed by atoms with Gasteiger partial charge in [-0.25, -0.2) is 0 Å². The number of carbonyl (C=O) groups is 1. The molecule has 1 N–H and O–H groups in total. The van der Waals surface area contributed by atoms with Crippen LogP contribution in [0.1, 0.15) is 28.9 Å². The smallest absolute Gasteiger partial charge is 0.275 e. The number of nitro groups is 1. The van der Waals surface area contributed by atoms with E-state index in [1.807, 2.05) is 45.9 Å². The molecule has 0 bridgehead atoms.